The van der Waals surface area contributed by atoms with Crippen LogP contribution in [0, 0.1) is 12.8 Å². The first-order chi connectivity index (χ1) is 12.1. The van der Waals surface area contributed by atoms with Crippen LogP contribution in [0.3, 0.4) is 0 Å². The lowest BCUT2D eigenvalue weighted by molar-refractivity contribution is -0.137. The van der Waals surface area contributed by atoms with Crippen molar-refractivity contribution >= 4 is 5.91 Å². The normalized spacial score (nSPS) is 20.3. The molecule has 1 aromatic carbocycles. The van der Waals surface area contributed by atoms with Crippen molar-refractivity contribution in [3.63, 3.8) is 0 Å². The number of carbonyl (C=O) groups is 1. The van der Waals surface area contributed by atoms with E-state index in [-0.39, 0.29) is 11.9 Å². The number of likely N-dealkylation sites (tertiary alicyclic amines) is 1. The second-order valence-corrected chi connectivity index (χ2v) is 6.92. The average Bonchev–Trinajstić information content (AvgIpc) is 3.06. The van der Waals surface area contributed by atoms with Crippen molar-refractivity contribution in [1.82, 2.24) is 25.1 Å². The highest BCUT2D eigenvalue weighted by atomic mass is 16.2. The third-order valence-corrected chi connectivity index (χ3v) is 5.02. The number of benzene rings is 1. The number of hydrogen-bond acceptors (Lipinski definition) is 5. The zero-order valence-electron chi connectivity index (χ0n) is 14.9. The van der Waals surface area contributed by atoms with E-state index in [0.29, 0.717) is 24.7 Å². The molecule has 1 aliphatic heterocycles. The molecule has 1 amide bonds. The van der Waals surface area contributed by atoms with E-state index >= 15 is 0 Å². The van der Waals surface area contributed by atoms with E-state index < -0.39 is 6.04 Å². The van der Waals surface area contributed by atoms with E-state index in [1.165, 1.54) is 0 Å². The van der Waals surface area contributed by atoms with Crippen LogP contribution >= 0.6 is 0 Å². The van der Waals surface area contributed by atoms with Crippen LogP contribution in [0.2, 0.25) is 0 Å². The molecule has 7 heteroatoms. The number of tetrazole rings is 1. The Morgan fingerprint density at radius 3 is 2.76 bits per heavy atom. The van der Waals surface area contributed by atoms with Crippen LogP contribution in [0.25, 0.3) is 0 Å². The Bertz CT molecular complexity index is 699. The number of aryl methyl sites for hydroxylation is 1. The number of aromatic nitrogens is 4. The van der Waals surface area contributed by atoms with Gasteiger partial charge in [0.1, 0.15) is 11.9 Å². The van der Waals surface area contributed by atoms with Gasteiger partial charge in [0.25, 0.3) is 0 Å². The molecule has 0 aliphatic carbocycles. The number of amides is 1. The Balaban J connectivity index is 1.83. The fraction of sp³-hybridized carbons (Fsp3) is 0.556. The van der Waals surface area contributed by atoms with Crippen molar-refractivity contribution in [2.75, 3.05) is 13.1 Å². The second-order valence-electron chi connectivity index (χ2n) is 6.92. The van der Waals surface area contributed by atoms with Crippen LogP contribution in [0.15, 0.2) is 30.3 Å². The SMILES string of the molecule is Cc1nnnn1C(Cc1ccccc1)C(=O)N1CCCC(C(C)N)C1. The molecule has 0 bridgehead atoms. The molecule has 3 unspecified atom stereocenters. The molecule has 2 N–H and O–H groups in total. The third kappa shape index (κ3) is 4.04. The van der Waals surface area contributed by atoms with Gasteiger partial charge in [-0.05, 0) is 48.6 Å². The lowest BCUT2D eigenvalue weighted by Gasteiger charge is -2.36. The monoisotopic (exact) mass is 342 g/mol. The zero-order valence-corrected chi connectivity index (χ0v) is 14.9. The van der Waals surface area contributed by atoms with Gasteiger partial charge in [0.15, 0.2) is 0 Å². The highest BCUT2D eigenvalue weighted by Gasteiger charge is 2.32. The van der Waals surface area contributed by atoms with Crippen molar-refractivity contribution in [2.24, 2.45) is 11.7 Å². The van der Waals surface area contributed by atoms with E-state index in [0.717, 1.165) is 24.9 Å². The van der Waals surface area contributed by atoms with Gasteiger partial charge < -0.3 is 10.6 Å². The summed E-state index contributed by atoms with van der Waals surface area (Å²) in [5, 5.41) is 11.8. The van der Waals surface area contributed by atoms with Gasteiger partial charge in [-0.15, -0.1) is 5.10 Å². The summed E-state index contributed by atoms with van der Waals surface area (Å²) in [5.74, 6) is 1.07. The number of nitrogens with two attached hydrogens (primary N) is 1. The van der Waals surface area contributed by atoms with Crippen molar-refractivity contribution < 1.29 is 4.79 Å². The molecule has 0 saturated carbocycles. The number of carbonyl (C=O) groups excluding carboxylic acids is 1. The van der Waals surface area contributed by atoms with E-state index in [9.17, 15) is 4.79 Å². The van der Waals surface area contributed by atoms with Crippen molar-refractivity contribution in [2.45, 2.75) is 45.2 Å². The standard InChI is InChI=1S/C18H26N6O/c1-13(19)16-9-6-10-23(12-16)18(25)17(24-14(2)20-21-22-24)11-15-7-4-3-5-8-15/h3-5,7-8,13,16-17H,6,9-12,19H2,1-2H3. The average molecular weight is 342 g/mol. The molecule has 0 radical (unpaired) electrons. The van der Waals surface area contributed by atoms with Crippen LogP contribution < -0.4 is 5.73 Å². The minimum atomic E-state index is -0.427. The molecule has 1 aromatic heterocycles. The molecule has 3 rings (SSSR count). The summed E-state index contributed by atoms with van der Waals surface area (Å²) >= 11 is 0. The molecule has 1 aliphatic rings. The smallest absolute Gasteiger partial charge is 0.247 e. The molecular weight excluding hydrogens is 316 g/mol. The van der Waals surface area contributed by atoms with E-state index in [1.54, 1.807) is 4.68 Å². The van der Waals surface area contributed by atoms with E-state index in [1.807, 2.05) is 49.1 Å². The Labute approximate surface area is 148 Å². The van der Waals surface area contributed by atoms with Gasteiger partial charge in [-0.25, -0.2) is 4.68 Å². The van der Waals surface area contributed by atoms with Crippen LogP contribution in [-0.2, 0) is 11.2 Å². The zero-order chi connectivity index (χ0) is 17.8. The molecular formula is C18H26N6O. The maximum atomic E-state index is 13.3. The van der Waals surface area contributed by atoms with Gasteiger partial charge in [0.2, 0.25) is 5.91 Å². The van der Waals surface area contributed by atoms with Crippen LogP contribution in [0.1, 0.15) is 37.2 Å². The molecule has 0 spiro atoms. The minimum Gasteiger partial charge on any atom is -0.340 e. The van der Waals surface area contributed by atoms with Gasteiger partial charge in [-0.3, -0.25) is 4.79 Å². The first kappa shape index (κ1) is 17.5. The van der Waals surface area contributed by atoms with Crippen LogP contribution in [0.4, 0.5) is 0 Å². The molecule has 2 aromatic rings. The van der Waals surface area contributed by atoms with Gasteiger partial charge >= 0.3 is 0 Å². The number of nitrogens with zero attached hydrogens (tertiary/aromatic N) is 5. The Kier molecular flexibility index (Phi) is 5.43. The molecule has 7 nitrogen and oxygen atoms in total. The van der Waals surface area contributed by atoms with Gasteiger partial charge in [0, 0.05) is 25.6 Å². The Morgan fingerprint density at radius 1 is 1.36 bits per heavy atom. The topological polar surface area (TPSA) is 89.9 Å². The maximum Gasteiger partial charge on any atom is 0.247 e. The Morgan fingerprint density at radius 2 is 2.12 bits per heavy atom. The van der Waals surface area contributed by atoms with E-state index in [2.05, 4.69) is 15.5 Å². The summed E-state index contributed by atoms with van der Waals surface area (Å²) in [6, 6.07) is 9.66. The van der Waals surface area contributed by atoms with Crippen LogP contribution in [0.5, 0.6) is 0 Å². The van der Waals surface area contributed by atoms with E-state index in [4.69, 9.17) is 5.73 Å². The number of rotatable bonds is 5. The summed E-state index contributed by atoms with van der Waals surface area (Å²) in [7, 11) is 0. The predicted octanol–water partition coefficient (Wildman–Crippen LogP) is 1.35. The molecule has 25 heavy (non-hydrogen) atoms. The number of piperidine rings is 1. The van der Waals surface area contributed by atoms with Crippen molar-refractivity contribution in [3.8, 4) is 0 Å². The molecule has 3 atom stereocenters. The lowest BCUT2D eigenvalue weighted by atomic mass is 9.91. The van der Waals surface area contributed by atoms with Crippen LogP contribution in [-0.4, -0.2) is 50.1 Å². The molecule has 1 fully saturated rings. The van der Waals surface area contributed by atoms with Crippen molar-refractivity contribution in [3.05, 3.63) is 41.7 Å². The highest BCUT2D eigenvalue weighted by molar-refractivity contribution is 5.81. The summed E-state index contributed by atoms with van der Waals surface area (Å²) in [6.07, 6.45) is 2.64. The Hall–Kier alpha value is -2.28. The summed E-state index contributed by atoms with van der Waals surface area (Å²) in [6.45, 7) is 5.33. The molecule has 134 valence electrons. The van der Waals surface area contributed by atoms with Gasteiger partial charge in [0.05, 0.1) is 0 Å². The van der Waals surface area contributed by atoms with Crippen molar-refractivity contribution in [1.29, 1.82) is 0 Å². The third-order valence-electron chi connectivity index (χ3n) is 5.02. The quantitative estimate of drug-likeness (QED) is 0.886. The minimum absolute atomic E-state index is 0.0737. The summed E-state index contributed by atoms with van der Waals surface area (Å²) < 4.78 is 1.64. The maximum absolute atomic E-state index is 13.3. The summed E-state index contributed by atoms with van der Waals surface area (Å²) in [4.78, 5) is 15.2. The molecule has 2 heterocycles. The van der Waals surface area contributed by atoms with Gasteiger partial charge in [-0.1, -0.05) is 30.3 Å². The highest BCUT2D eigenvalue weighted by Crippen LogP contribution is 2.24. The fourth-order valence-electron chi connectivity index (χ4n) is 3.49. The first-order valence-electron chi connectivity index (χ1n) is 8.89. The second kappa shape index (κ2) is 7.74. The fourth-order valence-corrected chi connectivity index (χ4v) is 3.49. The first-order valence-corrected chi connectivity index (χ1v) is 8.89. The predicted molar refractivity (Wildman–Crippen MR) is 94.7 cm³/mol. The summed E-state index contributed by atoms with van der Waals surface area (Å²) in [5.41, 5.74) is 7.17. The lowest BCUT2D eigenvalue weighted by Crippen LogP contribution is -2.48. The largest absolute Gasteiger partial charge is 0.340 e. The molecule has 1 saturated heterocycles. The number of hydrogen-bond donors (Lipinski definition) is 1. The van der Waals surface area contributed by atoms with Gasteiger partial charge in [-0.2, -0.15) is 0 Å².